The zero-order valence-electron chi connectivity index (χ0n) is 33.0. The number of piperidine rings is 2. The van der Waals surface area contributed by atoms with E-state index >= 15 is 0 Å². The lowest BCUT2D eigenvalue weighted by molar-refractivity contribution is -0.135. The predicted octanol–water partition coefficient (Wildman–Crippen LogP) is 6.43. The summed E-state index contributed by atoms with van der Waals surface area (Å²) in [5, 5.41) is 12.4. The van der Waals surface area contributed by atoms with Crippen molar-refractivity contribution >= 4 is 33.7 Å². The van der Waals surface area contributed by atoms with Crippen LogP contribution >= 0.6 is 0 Å². The molecule has 3 aliphatic heterocycles. The first-order valence-electron chi connectivity index (χ1n) is 20.5. The van der Waals surface area contributed by atoms with Crippen molar-refractivity contribution in [2.24, 2.45) is 0 Å². The third-order valence-electron chi connectivity index (χ3n) is 11.9. The van der Waals surface area contributed by atoms with Crippen LogP contribution in [0, 0.1) is 6.92 Å². The summed E-state index contributed by atoms with van der Waals surface area (Å²) in [4.78, 5) is 52.5. The van der Waals surface area contributed by atoms with Crippen molar-refractivity contribution in [3.8, 4) is 0 Å². The highest BCUT2D eigenvalue weighted by molar-refractivity contribution is 5.88. The first kappa shape index (κ1) is 39.5. The van der Waals surface area contributed by atoms with Gasteiger partial charge in [-0.25, -0.2) is 4.79 Å². The van der Waals surface area contributed by atoms with Crippen LogP contribution in [0.5, 0.6) is 0 Å². The summed E-state index contributed by atoms with van der Waals surface area (Å²) in [7, 11) is 2.18. The molecule has 5 heterocycles. The third kappa shape index (κ3) is 9.90. The van der Waals surface area contributed by atoms with Crippen molar-refractivity contribution in [2.75, 3.05) is 59.4 Å². The summed E-state index contributed by atoms with van der Waals surface area (Å²) < 4.78 is 0. The number of carbonyl (C=O) groups is 2. The number of aromatic nitrogens is 3. The van der Waals surface area contributed by atoms with Crippen LogP contribution in [0.3, 0.4) is 0 Å². The van der Waals surface area contributed by atoms with Crippen molar-refractivity contribution in [2.45, 2.75) is 103 Å². The van der Waals surface area contributed by atoms with Crippen molar-refractivity contribution in [3.63, 3.8) is 0 Å². The van der Waals surface area contributed by atoms with Crippen molar-refractivity contribution in [1.82, 2.24) is 40.1 Å². The second-order valence-corrected chi connectivity index (χ2v) is 15.8. The number of carbonyl (C=O) groups excluding carboxylic acids is 2. The molecule has 3 saturated heterocycles. The quantitative estimate of drug-likeness (QED) is 0.162. The summed E-state index contributed by atoms with van der Waals surface area (Å²) in [6.45, 7) is 12.9. The van der Waals surface area contributed by atoms with E-state index in [0.717, 1.165) is 64.7 Å². The summed E-state index contributed by atoms with van der Waals surface area (Å²) in [6, 6.07) is 13.6. The molecule has 0 saturated carbocycles. The number of fused-ring (bicyclic) bond motifs is 2. The van der Waals surface area contributed by atoms with Gasteiger partial charge in [-0.2, -0.15) is 5.10 Å². The van der Waals surface area contributed by atoms with E-state index < -0.39 is 6.04 Å². The van der Waals surface area contributed by atoms with Crippen LogP contribution in [0.2, 0.25) is 0 Å². The van der Waals surface area contributed by atoms with Gasteiger partial charge >= 0.3 is 6.03 Å². The van der Waals surface area contributed by atoms with Crippen molar-refractivity contribution < 1.29 is 9.59 Å². The maximum Gasteiger partial charge on any atom is 0.318 e. The highest BCUT2D eigenvalue weighted by atomic mass is 16.2. The number of rotatable bonds is 10. The van der Waals surface area contributed by atoms with Crippen LogP contribution < -0.4 is 10.9 Å². The molecular formula is C43H62N8O3. The molecule has 54 heavy (non-hydrogen) atoms. The van der Waals surface area contributed by atoms with Crippen molar-refractivity contribution in [1.29, 1.82) is 0 Å². The van der Waals surface area contributed by atoms with Gasteiger partial charge in [0.1, 0.15) is 6.04 Å². The Morgan fingerprint density at radius 1 is 0.852 bits per heavy atom. The number of H-pyrrole nitrogens is 2. The van der Waals surface area contributed by atoms with E-state index in [9.17, 15) is 14.4 Å². The molecule has 3 amide bonds. The Kier molecular flexibility index (Phi) is 13.8. The number of hydrogen-bond acceptors (Lipinski definition) is 6. The van der Waals surface area contributed by atoms with Gasteiger partial charge in [-0.1, -0.05) is 70.2 Å². The standard InChI is InChI=1S/C36H46N8O3.C7H16/c1-24-19-25(20-28-23-37-40-33(24)28)21-32(35(46)43-17-15-42(16-18-43)29-9-11-41(2)12-10-29)39-36(47)44-13-7-26(8-14-44)30-22-27-5-3-4-6-31(27)38-34(30)45;1-3-5-7-6-4-2/h3-6,19-20,22-23,26,29,32H,7-18,21H2,1-2H3,(H,37,40)(H,38,45)(H,39,47);3-7H2,1-2H3. The topological polar surface area (TPSA) is 121 Å². The van der Waals surface area contributed by atoms with Gasteiger partial charge in [0.25, 0.3) is 5.56 Å². The molecule has 1 atom stereocenters. The van der Waals surface area contributed by atoms with Crippen LogP contribution in [0.15, 0.2) is 53.5 Å². The summed E-state index contributed by atoms with van der Waals surface area (Å²) >= 11 is 0. The van der Waals surface area contributed by atoms with E-state index in [4.69, 9.17) is 0 Å². The first-order chi connectivity index (χ1) is 26.2. The maximum absolute atomic E-state index is 14.1. The van der Waals surface area contributed by atoms with Gasteiger partial charge in [0.05, 0.1) is 11.7 Å². The number of benzene rings is 2. The molecular weight excluding hydrogens is 677 g/mol. The Bertz CT molecular complexity index is 1880. The number of hydrogen-bond donors (Lipinski definition) is 3. The van der Waals surface area contributed by atoms with Crippen LogP contribution in [0.25, 0.3) is 21.8 Å². The largest absolute Gasteiger partial charge is 0.338 e. The van der Waals surface area contributed by atoms with Gasteiger partial charge in [0.2, 0.25) is 5.91 Å². The average molecular weight is 739 g/mol. The molecule has 11 heteroatoms. The second-order valence-electron chi connectivity index (χ2n) is 15.8. The SMILES string of the molecule is CCCCCCC.Cc1cc(CC(NC(=O)N2CCC(c3cc4ccccc4[nH]c3=O)CC2)C(=O)N2CCN(C3CCN(C)CC3)CC2)cc2cn[nH]c12. The third-order valence-corrected chi connectivity index (χ3v) is 11.9. The second kappa shape index (κ2) is 18.9. The lowest BCUT2D eigenvalue weighted by Crippen LogP contribution is -2.59. The van der Waals surface area contributed by atoms with E-state index in [1.807, 2.05) is 42.2 Å². The van der Waals surface area contributed by atoms with E-state index in [1.165, 1.54) is 44.9 Å². The monoisotopic (exact) mass is 738 g/mol. The number of urea groups is 1. The fourth-order valence-electron chi connectivity index (χ4n) is 8.53. The number of nitrogens with zero attached hydrogens (tertiary/aromatic N) is 5. The average Bonchev–Trinajstić information content (AvgIpc) is 3.68. The molecule has 1 unspecified atom stereocenters. The molecule has 3 N–H and O–H groups in total. The number of aromatic amines is 2. The lowest BCUT2D eigenvalue weighted by Gasteiger charge is -2.43. The predicted molar refractivity (Wildman–Crippen MR) is 218 cm³/mol. The van der Waals surface area contributed by atoms with Gasteiger partial charge in [0, 0.05) is 68.2 Å². The molecule has 0 aliphatic carbocycles. The Morgan fingerprint density at radius 3 is 2.26 bits per heavy atom. The van der Waals surface area contributed by atoms with E-state index in [1.54, 1.807) is 11.1 Å². The maximum atomic E-state index is 14.1. The van der Waals surface area contributed by atoms with Crippen molar-refractivity contribution in [3.05, 3.63) is 75.7 Å². The van der Waals surface area contributed by atoms with Gasteiger partial charge in [-0.05, 0) is 93.4 Å². The fourth-order valence-corrected chi connectivity index (χ4v) is 8.53. The Hall–Kier alpha value is -4.22. The molecule has 2 aromatic heterocycles. The number of likely N-dealkylation sites (tertiary alicyclic amines) is 2. The highest BCUT2D eigenvalue weighted by Crippen LogP contribution is 2.28. The zero-order chi connectivity index (χ0) is 38.0. The van der Waals surface area contributed by atoms with Gasteiger partial charge in [-0.15, -0.1) is 0 Å². The van der Waals surface area contributed by atoms with E-state index in [0.29, 0.717) is 51.5 Å². The van der Waals surface area contributed by atoms with Crippen LogP contribution in [-0.2, 0) is 11.2 Å². The number of para-hydroxylation sites is 1. The molecule has 7 rings (SSSR count). The molecule has 4 aromatic rings. The number of piperazine rings is 1. The molecule has 0 radical (unpaired) electrons. The van der Waals surface area contributed by atoms with Gasteiger partial charge in [-0.3, -0.25) is 19.6 Å². The highest BCUT2D eigenvalue weighted by Gasteiger charge is 2.34. The van der Waals surface area contributed by atoms with E-state index in [-0.39, 0.29) is 23.4 Å². The van der Waals surface area contributed by atoms with Gasteiger partial charge in [0.15, 0.2) is 0 Å². The molecule has 292 valence electrons. The molecule has 11 nitrogen and oxygen atoms in total. The van der Waals surface area contributed by atoms with Crippen LogP contribution in [0.1, 0.15) is 94.2 Å². The lowest BCUT2D eigenvalue weighted by atomic mass is 9.89. The zero-order valence-corrected chi connectivity index (χ0v) is 33.0. The molecule has 0 spiro atoms. The minimum absolute atomic E-state index is 0.0242. The summed E-state index contributed by atoms with van der Waals surface area (Å²) in [5.41, 5.74) is 4.59. The molecule has 3 aliphatic rings. The van der Waals surface area contributed by atoms with Crippen LogP contribution in [-0.4, -0.2) is 118 Å². The Balaban J connectivity index is 0.000000649. The van der Waals surface area contributed by atoms with Crippen LogP contribution in [0.4, 0.5) is 4.79 Å². The van der Waals surface area contributed by atoms with E-state index in [2.05, 4.69) is 63.3 Å². The molecule has 0 bridgehead atoms. The van der Waals surface area contributed by atoms with Gasteiger partial charge < -0.3 is 25.0 Å². The minimum atomic E-state index is -0.679. The minimum Gasteiger partial charge on any atom is -0.338 e. The Morgan fingerprint density at radius 2 is 1.56 bits per heavy atom. The number of pyridine rings is 1. The normalized spacial score (nSPS) is 18.4. The number of amides is 3. The molecule has 2 aromatic carbocycles. The Labute approximate surface area is 320 Å². The number of nitrogens with one attached hydrogen (secondary N) is 3. The molecule has 3 fully saturated rings. The smallest absolute Gasteiger partial charge is 0.318 e. The first-order valence-corrected chi connectivity index (χ1v) is 20.5. The fraction of sp³-hybridized carbons (Fsp3) is 0.581. The summed E-state index contributed by atoms with van der Waals surface area (Å²) in [5.74, 6) is 0.0549. The summed E-state index contributed by atoms with van der Waals surface area (Å²) in [6.07, 6.45) is 13.0. The number of unbranched alkanes of at least 4 members (excludes halogenated alkanes) is 4. The number of aryl methyl sites for hydroxylation is 1.